The van der Waals surface area contributed by atoms with Gasteiger partial charge in [0.25, 0.3) is 0 Å². The molecule has 0 aliphatic carbocycles. The number of nitrogens with one attached hydrogen (secondary N) is 4. The van der Waals surface area contributed by atoms with Crippen molar-refractivity contribution >= 4 is 40.5 Å². The monoisotopic (exact) mass is 360 g/mol. The van der Waals surface area contributed by atoms with E-state index in [1.54, 1.807) is 0 Å². The largest absolute Gasteiger partial charge is 0.350 e. The Labute approximate surface area is 145 Å². The van der Waals surface area contributed by atoms with Crippen LogP contribution < -0.4 is 21.3 Å². The predicted molar refractivity (Wildman–Crippen MR) is 90.1 cm³/mol. The van der Waals surface area contributed by atoms with Gasteiger partial charge in [0.05, 0.1) is 25.4 Å². The highest BCUT2D eigenvalue weighted by Crippen LogP contribution is 1.99. The summed E-state index contributed by atoms with van der Waals surface area (Å²) in [5.41, 5.74) is -0.394. The van der Waals surface area contributed by atoms with E-state index in [2.05, 4.69) is 21.3 Å². The average Bonchev–Trinajstić information content (AvgIpc) is 2.44. The molecule has 4 N–H and O–H groups in total. The van der Waals surface area contributed by atoms with Crippen molar-refractivity contribution in [1.82, 2.24) is 21.3 Å². The molecule has 0 aromatic carbocycles. The molecule has 10 heteroatoms. The summed E-state index contributed by atoms with van der Waals surface area (Å²) in [5, 5.41) is 9.47. The Kier molecular flexibility index (Phi) is 9.70. The second-order valence-corrected chi connectivity index (χ2v) is 7.06. The van der Waals surface area contributed by atoms with Crippen LogP contribution in [0.4, 0.5) is 0 Å². The fraction of sp³-hybridized carbons (Fsp3) is 0.643. The van der Waals surface area contributed by atoms with Gasteiger partial charge in [-0.05, 0) is 20.8 Å². The van der Waals surface area contributed by atoms with E-state index in [0.29, 0.717) is 0 Å². The predicted octanol–water partition coefficient (Wildman–Crippen LogP) is -1.47. The van der Waals surface area contributed by atoms with Crippen molar-refractivity contribution in [2.75, 3.05) is 25.4 Å². The second kappa shape index (κ2) is 10.6. The topological polar surface area (TPSA) is 133 Å². The van der Waals surface area contributed by atoms with Crippen molar-refractivity contribution in [3.63, 3.8) is 0 Å². The lowest BCUT2D eigenvalue weighted by Crippen LogP contribution is -2.48. The first-order valence-corrected chi connectivity index (χ1v) is 8.22. The third kappa shape index (κ3) is 13.6. The first kappa shape index (κ1) is 21.9. The lowest BCUT2D eigenvalue weighted by molar-refractivity contribution is -0.128. The summed E-state index contributed by atoms with van der Waals surface area (Å²) in [7, 11) is 0. The minimum atomic E-state index is -0.550. The van der Waals surface area contributed by atoms with Crippen LogP contribution in [-0.4, -0.2) is 59.7 Å². The summed E-state index contributed by atoms with van der Waals surface area (Å²) in [4.78, 5) is 56.4. The molecule has 24 heavy (non-hydrogen) atoms. The summed E-state index contributed by atoms with van der Waals surface area (Å²) >= 11 is 0.838. The number of carbonyl (C=O) groups is 5. The van der Waals surface area contributed by atoms with Gasteiger partial charge in [-0.3, -0.25) is 24.0 Å². The Morgan fingerprint density at radius 3 is 1.58 bits per heavy atom. The molecule has 4 amide bonds. The molecule has 0 aliphatic heterocycles. The third-order valence-electron chi connectivity index (χ3n) is 2.26. The van der Waals surface area contributed by atoms with E-state index in [9.17, 15) is 24.0 Å². The van der Waals surface area contributed by atoms with Crippen molar-refractivity contribution in [2.24, 2.45) is 0 Å². The molecule has 0 unspecified atom stereocenters. The highest BCUT2D eigenvalue weighted by Gasteiger charge is 2.14. The van der Waals surface area contributed by atoms with E-state index >= 15 is 0 Å². The molecular weight excluding hydrogens is 336 g/mol. The van der Waals surface area contributed by atoms with Gasteiger partial charge < -0.3 is 21.3 Å². The van der Waals surface area contributed by atoms with Gasteiger partial charge in [0.2, 0.25) is 23.6 Å². The summed E-state index contributed by atoms with van der Waals surface area (Å²) in [6.07, 6.45) is 0. The Morgan fingerprint density at radius 2 is 1.17 bits per heavy atom. The zero-order valence-electron chi connectivity index (χ0n) is 14.3. The molecule has 0 aromatic heterocycles. The number of hydrogen-bond acceptors (Lipinski definition) is 6. The second-order valence-electron chi connectivity index (χ2n) is 5.91. The van der Waals surface area contributed by atoms with Crippen LogP contribution in [0.2, 0.25) is 0 Å². The number of carbonyl (C=O) groups excluding carboxylic acids is 5. The van der Waals surface area contributed by atoms with Crippen LogP contribution in [0, 0.1) is 0 Å². The van der Waals surface area contributed by atoms with E-state index in [0.717, 1.165) is 11.8 Å². The van der Waals surface area contributed by atoms with E-state index in [-0.39, 0.29) is 36.4 Å². The van der Waals surface area contributed by atoms with Crippen molar-refractivity contribution < 1.29 is 24.0 Å². The number of hydrogen-bond donors (Lipinski definition) is 4. The Bertz CT molecular complexity index is 502. The SMILES string of the molecule is CC(=O)SCC(=O)NCC(=O)NCC(=O)NCC(=O)NC(C)(C)C. The zero-order chi connectivity index (χ0) is 18.8. The summed E-state index contributed by atoms with van der Waals surface area (Å²) in [5.74, 6) is -1.92. The van der Waals surface area contributed by atoms with E-state index in [1.165, 1.54) is 6.92 Å². The quantitative estimate of drug-likeness (QED) is 0.418. The van der Waals surface area contributed by atoms with Gasteiger partial charge in [0.15, 0.2) is 5.12 Å². The molecule has 0 aromatic rings. The van der Waals surface area contributed by atoms with Gasteiger partial charge in [-0.2, -0.15) is 0 Å². The number of thioether (sulfide) groups is 1. The third-order valence-corrected chi connectivity index (χ3v) is 3.07. The lowest BCUT2D eigenvalue weighted by atomic mass is 10.1. The lowest BCUT2D eigenvalue weighted by Gasteiger charge is -2.20. The standard InChI is InChI=1S/C14H24N4O5S/c1-9(19)24-8-13(23)17-6-11(21)15-5-10(20)16-7-12(22)18-14(2,3)4/h5-8H2,1-4H3,(H,15,21)(H,16,20)(H,17,23)(H,18,22). The van der Waals surface area contributed by atoms with Gasteiger partial charge in [0, 0.05) is 12.5 Å². The number of rotatable bonds is 8. The van der Waals surface area contributed by atoms with Crippen LogP contribution in [-0.2, 0) is 24.0 Å². The molecule has 0 heterocycles. The molecule has 0 spiro atoms. The van der Waals surface area contributed by atoms with Gasteiger partial charge in [0.1, 0.15) is 0 Å². The molecule has 0 bridgehead atoms. The van der Waals surface area contributed by atoms with Crippen LogP contribution >= 0.6 is 11.8 Å². The smallest absolute Gasteiger partial charge is 0.239 e. The van der Waals surface area contributed by atoms with Crippen molar-refractivity contribution in [3.8, 4) is 0 Å². The highest BCUT2D eigenvalue weighted by atomic mass is 32.2. The van der Waals surface area contributed by atoms with Crippen LogP contribution in [0.5, 0.6) is 0 Å². The summed E-state index contributed by atoms with van der Waals surface area (Å²) in [6, 6.07) is 0. The highest BCUT2D eigenvalue weighted by molar-refractivity contribution is 8.14. The molecule has 136 valence electrons. The minimum absolute atomic E-state index is 0.0635. The molecule has 0 aliphatic rings. The Balaban J connectivity index is 3.86. The summed E-state index contributed by atoms with van der Waals surface area (Å²) in [6.45, 7) is 5.99. The van der Waals surface area contributed by atoms with Crippen molar-refractivity contribution in [3.05, 3.63) is 0 Å². The molecule has 0 saturated carbocycles. The normalized spacial score (nSPS) is 10.5. The maximum absolute atomic E-state index is 11.5. The van der Waals surface area contributed by atoms with Crippen LogP contribution in [0.1, 0.15) is 27.7 Å². The van der Waals surface area contributed by atoms with E-state index in [4.69, 9.17) is 0 Å². The first-order chi connectivity index (χ1) is 11.0. The molecule has 0 rings (SSSR count). The molecular formula is C14H24N4O5S. The van der Waals surface area contributed by atoms with Gasteiger partial charge >= 0.3 is 0 Å². The number of amides is 4. The molecule has 0 atom stereocenters. The average molecular weight is 360 g/mol. The van der Waals surface area contributed by atoms with Crippen LogP contribution in [0.15, 0.2) is 0 Å². The maximum atomic E-state index is 11.5. The maximum Gasteiger partial charge on any atom is 0.239 e. The summed E-state index contributed by atoms with van der Waals surface area (Å²) < 4.78 is 0. The van der Waals surface area contributed by atoms with Gasteiger partial charge in [-0.1, -0.05) is 11.8 Å². The first-order valence-electron chi connectivity index (χ1n) is 7.24. The van der Waals surface area contributed by atoms with Crippen LogP contribution in [0.25, 0.3) is 0 Å². The molecule has 0 fully saturated rings. The van der Waals surface area contributed by atoms with Crippen LogP contribution in [0.3, 0.4) is 0 Å². The Morgan fingerprint density at radius 1 is 0.750 bits per heavy atom. The van der Waals surface area contributed by atoms with Crippen molar-refractivity contribution in [2.45, 2.75) is 33.2 Å². The fourth-order valence-corrected chi connectivity index (χ4v) is 1.78. The molecule has 0 radical (unpaired) electrons. The van der Waals surface area contributed by atoms with Gasteiger partial charge in [-0.15, -0.1) is 0 Å². The fourth-order valence-electron chi connectivity index (χ4n) is 1.34. The minimum Gasteiger partial charge on any atom is -0.350 e. The molecule has 9 nitrogen and oxygen atoms in total. The van der Waals surface area contributed by atoms with Crippen molar-refractivity contribution in [1.29, 1.82) is 0 Å². The molecule has 0 saturated heterocycles. The zero-order valence-corrected chi connectivity index (χ0v) is 15.1. The van der Waals surface area contributed by atoms with E-state index in [1.807, 2.05) is 20.8 Å². The Hall–Kier alpha value is -2.10. The van der Waals surface area contributed by atoms with E-state index < -0.39 is 23.3 Å². The van der Waals surface area contributed by atoms with Gasteiger partial charge in [-0.25, -0.2) is 0 Å².